The number of carbonyl (C=O) groups excluding carboxylic acids is 2. The molecule has 3 aromatic rings. The first kappa shape index (κ1) is 11.9. The van der Waals surface area contributed by atoms with Gasteiger partial charge in [0, 0.05) is 22.0 Å². The molecule has 0 fully saturated rings. The minimum atomic E-state index is -0.0215. The van der Waals surface area contributed by atoms with Gasteiger partial charge in [0.05, 0.1) is 11.9 Å². The number of benzene rings is 1. The van der Waals surface area contributed by atoms with Crippen molar-refractivity contribution >= 4 is 34.4 Å². The molecule has 3 rings (SSSR count). The number of hydrogen-bond donors (Lipinski definition) is 0. The quantitative estimate of drug-likeness (QED) is 0.684. The highest BCUT2D eigenvalue weighted by Gasteiger charge is 2.13. The number of hydrogen-bond acceptors (Lipinski definition) is 3. The van der Waals surface area contributed by atoms with E-state index >= 15 is 0 Å². The fourth-order valence-corrected chi connectivity index (χ4v) is 2.85. The Morgan fingerprint density at radius 2 is 2.05 bits per heavy atom. The van der Waals surface area contributed by atoms with E-state index in [4.69, 9.17) is 0 Å². The summed E-state index contributed by atoms with van der Waals surface area (Å²) in [6.45, 7) is 0. The number of para-hydroxylation sites is 1. The summed E-state index contributed by atoms with van der Waals surface area (Å²) < 4.78 is 1.57. The zero-order chi connectivity index (χ0) is 13.2. The molecule has 0 atom stereocenters. The van der Waals surface area contributed by atoms with Crippen LogP contribution in [0.4, 0.5) is 0 Å². The molecular formula is C15H11NO2S. The predicted octanol–water partition coefficient (Wildman–Crippen LogP) is 3.40. The van der Waals surface area contributed by atoms with E-state index in [2.05, 4.69) is 0 Å². The molecular weight excluding hydrogens is 258 g/mol. The molecule has 1 aromatic carbocycles. The highest BCUT2D eigenvalue weighted by molar-refractivity contribution is 7.10. The summed E-state index contributed by atoms with van der Waals surface area (Å²) >= 11 is 1.56. The normalized spacial score (nSPS) is 10.7. The largest absolute Gasteiger partial charge is 0.298 e. The first-order chi connectivity index (χ1) is 9.29. The molecule has 19 heavy (non-hydrogen) atoms. The van der Waals surface area contributed by atoms with Gasteiger partial charge in [-0.05, 0) is 17.5 Å². The van der Waals surface area contributed by atoms with Crippen molar-refractivity contribution < 1.29 is 9.59 Å². The molecule has 0 spiro atoms. The third kappa shape index (κ3) is 2.11. The van der Waals surface area contributed by atoms with Gasteiger partial charge in [-0.15, -0.1) is 11.3 Å². The molecule has 0 aliphatic rings. The number of rotatable bonds is 3. The summed E-state index contributed by atoms with van der Waals surface area (Å²) in [5.41, 5.74) is 1.33. The van der Waals surface area contributed by atoms with Crippen LogP contribution in [0.1, 0.15) is 20.0 Å². The summed E-state index contributed by atoms with van der Waals surface area (Å²) in [4.78, 5) is 24.4. The molecule has 2 heterocycles. The summed E-state index contributed by atoms with van der Waals surface area (Å²) in [7, 11) is 0. The number of nitrogens with zero attached hydrogens (tertiary/aromatic N) is 1. The summed E-state index contributed by atoms with van der Waals surface area (Å²) in [6.07, 6.45) is 2.76. The maximum atomic E-state index is 12.3. The van der Waals surface area contributed by atoms with Gasteiger partial charge in [0.25, 0.3) is 0 Å². The van der Waals surface area contributed by atoms with Gasteiger partial charge in [0.2, 0.25) is 5.91 Å². The molecule has 94 valence electrons. The van der Waals surface area contributed by atoms with Crippen LogP contribution in [0.3, 0.4) is 0 Å². The summed E-state index contributed by atoms with van der Waals surface area (Å²) in [5, 5.41) is 2.77. The Bertz CT molecular complexity index is 741. The van der Waals surface area contributed by atoms with Gasteiger partial charge in [0.15, 0.2) is 6.29 Å². The van der Waals surface area contributed by atoms with Crippen molar-refractivity contribution in [2.45, 2.75) is 6.42 Å². The fraction of sp³-hybridized carbons (Fsp3) is 0.0667. The van der Waals surface area contributed by atoms with Gasteiger partial charge in [-0.2, -0.15) is 0 Å². The third-order valence-corrected chi connectivity index (χ3v) is 3.92. The third-order valence-electron chi connectivity index (χ3n) is 3.04. The van der Waals surface area contributed by atoms with Crippen LogP contribution in [0, 0.1) is 0 Å². The van der Waals surface area contributed by atoms with E-state index in [1.807, 2.05) is 41.8 Å². The maximum absolute atomic E-state index is 12.3. The van der Waals surface area contributed by atoms with Gasteiger partial charge in [0.1, 0.15) is 0 Å². The molecule has 0 radical (unpaired) electrons. The highest BCUT2D eigenvalue weighted by atomic mass is 32.1. The number of aldehydes is 1. The molecule has 0 unspecified atom stereocenters. The molecule has 0 aliphatic heterocycles. The van der Waals surface area contributed by atoms with Crippen molar-refractivity contribution in [3.63, 3.8) is 0 Å². The Hall–Kier alpha value is -2.20. The Balaban J connectivity index is 2.05. The SMILES string of the molecule is O=Cc1cn(C(=O)Cc2cccs2)c2ccccc12. The predicted molar refractivity (Wildman–Crippen MR) is 76.0 cm³/mol. The average molecular weight is 269 g/mol. The lowest BCUT2D eigenvalue weighted by molar-refractivity contribution is 0.0920. The second kappa shape index (κ2) is 4.82. The van der Waals surface area contributed by atoms with E-state index in [-0.39, 0.29) is 5.91 Å². The average Bonchev–Trinajstić information content (AvgIpc) is 3.05. The van der Waals surface area contributed by atoms with Crippen LogP contribution in [0.5, 0.6) is 0 Å². The lowest BCUT2D eigenvalue weighted by Gasteiger charge is -2.02. The fourth-order valence-electron chi connectivity index (χ4n) is 2.15. The second-order valence-corrected chi connectivity index (χ2v) is 5.27. The monoisotopic (exact) mass is 269 g/mol. The molecule has 2 aromatic heterocycles. The van der Waals surface area contributed by atoms with Gasteiger partial charge in [-0.25, -0.2) is 0 Å². The van der Waals surface area contributed by atoms with Crippen LogP contribution in [-0.4, -0.2) is 16.8 Å². The topological polar surface area (TPSA) is 39.1 Å². The van der Waals surface area contributed by atoms with Gasteiger partial charge < -0.3 is 0 Å². The molecule has 4 heteroatoms. The molecule has 0 bridgehead atoms. The molecule has 0 aliphatic carbocycles. The van der Waals surface area contributed by atoms with Crippen LogP contribution in [0.2, 0.25) is 0 Å². The van der Waals surface area contributed by atoms with E-state index in [9.17, 15) is 9.59 Å². The van der Waals surface area contributed by atoms with Gasteiger partial charge in [-0.3, -0.25) is 14.2 Å². The van der Waals surface area contributed by atoms with Crippen LogP contribution in [0.15, 0.2) is 48.0 Å². The van der Waals surface area contributed by atoms with Crippen molar-refractivity contribution in [2.75, 3.05) is 0 Å². The smallest absolute Gasteiger partial charge is 0.236 e. The summed E-state index contributed by atoms with van der Waals surface area (Å²) in [5.74, 6) is -0.0215. The summed E-state index contributed by atoms with van der Waals surface area (Å²) in [6, 6.07) is 11.3. The number of thiophene rings is 1. The number of fused-ring (bicyclic) bond motifs is 1. The van der Waals surface area contributed by atoms with Crippen LogP contribution in [0.25, 0.3) is 10.9 Å². The molecule has 0 N–H and O–H groups in total. The van der Waals surface area contributed by atoms with Gasteiger partial charge in [-0.1, -0.05) is 24.3 Å². The van der Waals surface area contributed by atoms with Crippen molar-refractivity contribution in [2.24, 2.45) is 0 Å². The van der Waals surface area contributed by atoms with Crippen LogP contribution >= 0.6 is 11.3 Å². The Kier molecular flexibility index (Phi) is 3.01. The van der Waals surface area contributed by atoms with Crippen molar-refractivity contribution in [1.29, 1.82) is 0 Å². The highest BCUT2D eigenvalue weighted by Crippen LogP contribution is 2.21. The maximum Gasteiger partial charge on any atom is 0.236 e. The lowest BCUT2D eigenvalue weighted by Crippen LogP contribution is -2.11. The van der Waals surface area contributed by atoms with E-state index in [0.717, 1.165) is 22.1 Å². The van der Waals surface area contributed by atoms with E-state index in [1.165, 1.54) is 0 Å². The molecule has 3 nitrogen and oxygen atoms in total. The minimum Gasteiger partial charge on any atom is -0.298 e. The lowest BCUT2D eigenvalue weighted by atomic mass is 10.2. The second-order valence-electron chi connectivity index (χ2n) is 4.24. The first-order valence-electron chi connectivity index (χ1n) is 5.90. The van der Waals surface area contributed by atoms with E-state index < -0.39 is 0 Å². The zero-order valence-corrected chi connectivity index (χ0v) is 10.9. The number of carbonyl (C=O) groups is 2. The Morgan fingerprint density at radius 3 is 2.79 bits per heavy atom. The standard InChI is InChI=1S/C15H11NO2S/c17-10-11-9-16(14-6-2-1-5-13(11)14)15(18)8-12-4-3-7-19-12/h1-7,9-10H,8H2. The van der Waals surface area contributed by atoms with Crippen molar-refractivity contribution in [3.8, 4) is 0 Å². The Labute approximate surface area is 114 Å². The molecule has 0 saturated heterocycles. The minimum absolute atomic E-state index is 0.0215. The van der Waals surface area contributed by atoms with Gasteiger partial charge >= 0.3 is 0 Å². The molecule has 0 saturated carbocycles. The Morgan fingerprint density at radius 1 is 1.21 bits per heavy atom. The zero-order valence-electron chi connectivity index (χ0n) is 10.1. The molecule has 0 amide bonds. The van der Waals surface area contributed by atoms with Crippen LogP contribution in [-0.2, 0) is 6.42 Å². The van der Waals surface area contributed by atoms with Crippen molar-refractivity contribution in [1.82, 2.24) is 4.57 Å². The van der Waals surface area contributed by atoms with Crippen molar-refractivity contribution in [3.05, 3.63) is 58.4 Å². The van der Waals surface area contributed by atoms with E-state index in [0.29, 0.717) is 12.0 Å². The first-order valence-corrected chi connectivity index (χ1v) is 6.78. The van der Waals surface area contributed by atoms with E-state index in [1.54, 1.807) is 22.1 Å². The number of aromatic nitrogens is 1. The van der Waals surface area contributed by atoms with Crippen LogP contribution < -0.4 is 0 Å².